The predicted octanol–water partition coefficient (Wildman–Crippen LogP) is 5.32. The molecule has 0 heterocycles. The van der Waals surface area contributed by atoms with Crippen molar-refractivity contribution in [2.45, 2.75) is 33.8 Å². The van der Waals surface area contributed by atoms with Gasteiger partial charge < -0.3 is 10.1 Å². The van der Waals surface area contributed by atoms with Gasteiger partial charge in [0.15, 0.2) is 6.10 Å². The molecule has 5 heteroatoms. The summed E-state index contributed by atoms with van der Waals surface area (Å²) in [5.41, 5.74) is 4.01. The Kier molecular flexibility index (Phi) is 5.55. The zero-order valence-corrected chi connectivity index (χ0v) is 15.0. The number of carbonyl (C=O) groups excluding carboxylic acids is 1. The number of aryl methyl sites for hydroxylation is 3. The van der Waals surface area contributed by atoms with Crippen LogP contribution < -0.4 is 10.1 Å². The second-order valence-corrected chi connectivity index (χ2v) is 6.36. The Bertz CT molecular complexity index is 721. The van der Waals surface area contributed by atoms with Crippen molar-refractivity contribution >= 4 is 34.8 Å². The lowest BCUT2D eigenvalue weighted by Crippen LogP contribution is -2.30. The summed E-state index contributed by atoms with van der Waals surface area (Å²) in [6.45, 7) is 7.63. The summed E-state index contributed by atoms with van der Waals surface area (Å²) < 4.78 is 5.63. The van der Waals surface area contributed by atoms with Crippen molar-refractivity contribution < 1.29 is 9.53 Å². The van der Waals surface area contributed by atoms with Crippen molar-refractivity contribution in [2.24, 2.45) is 0 Å². The van der Waals surface area contributed by atoms with E-state index in [9.17, 15) is 4.79 Å². The van der Waals surface area contributed by atoms with Crippen molar-refractivity contribution in [2.75, 3.05) is 5.32 Å². The van der Waals surface area contributed by atoms with Gasteiger partial charge in [-0.05, 0) is 51.0 Å². The molecule has 3 nitrogen and oxygen atoms in total. The molecular weight excluding hydrogens is 333 g/mol. The topological polar surface area (TPSA) is 38.3 Å². The second kappa shape index (κ2) is 7.24. The van der Waals surface area contributed by atoms with Gasteiger partial charge in [-0.15, -0.1) is 0 Å². The van der Waals surface area contributed by atoms with E-state index in [0.29, 0.717) is 15.8 Å². The summed E-state index contributed by atoms with van der Waals surface area (Å²) in [5, 5.41) is 3.61. The molecule has 1 N–H and O–H groups in total. The number of halogens is 2. The van der Waals surface area contributed by atoms with E-state index < -0.39 is 6.10 Å². The fourth-order valence-corrected chi connectivity index (χ4v) is 2.76. The van der Waals surface area contributed by atoms with E-state index in [2.05, 4.69) is 5.32 Å². The maximum atomic E-state index is 12.4. The first-order chi connectivity index (χ1) is 10.8. The lowest BCUT2D eigenvalue weighted by atomic mass is 10.0. The largest absolute Gasteiger partial charge is 0.479 e. The van der Waals surface area contributed by atoms with Crippen LogP contribution in [-0.4, -0.2) is 12.0 Å². The van der Waals surface area contributed by atoms with Crippen LogP contribution in [0.2, 0.25) is 10.0 Å². The van der Waals surface area contributed by atoms with Gasteiger partial charge in [-0.2, -0.15) is 0 Å². The molecule has 0 fully saturated rings. The molecule has 2 aromatic carbocycles. The minimum atomic E-state index is -0.703. The first-order valence-corrected chi connectivity index (χ1v) is 8.04. The maximum Gasteiger partial charge on any atom is 0.265 e. The number of hydrogen-bond donors (Lipinski definition) is 1. The molecule has 2 aromatic rings. The van der Waals surface area contributed by atoms with Gasteiger partial charge in [0.25, 0.3) is 5.91 Å². The SMILES string of the molecule is Cc1cc(C)c(NC(=O)C(C)Oc2cccc(Cl)c2Cl)c(C)c1. The van der Waals surface area contributed by atoms with Gasteiger partial charge in [0, 0.05) is 5.69 Å². The van der Waals surface area contributed by atoms with Gasteiger partial charge in [-0.25, -0.2) is 0 Å². The number of carbonyl (C=O) groups is 1. The van der Waals surface area contributed by atoms with E-state index in [-0.39, 0.29) is 5.91 Å². The maximum absolute atomic E-state index is 12.4. The van der Waals surface area contributed by atoms with E-state index in [1.807, 2.05) is 32.9 Å². The molecule has 1 amide bonds. The van der Waals surface area contributed by atoms with Crippen LogP contribution in [0.15, 0.2) is 30.3 Å². The third-order valence-corrected chi connectivity index (χ3v) is 4.32. The molecule has 0 aliphatic carbocycles. The van der Waals surface area contributed by atoms with Crippen LogP contribution in [0.4, 0.5) is 5.69 Å². The summed E-state index contributed by atoms with van der Waals surface area (Å²) >= 11 is 12.0. The molecule has 0 aliphatic rings. The molecule has 0 spiro atoms. The number of rotatable bonds is 4. The molecule has 0 saturated carbocycles. The minimum absolute atomic E-state index is 0.240. The van der Waals surface area contributed by atoms with Crippen molar-refractivity contribution in [1.82, 2.24) is 0 Å². The molecule has 1 atom stereocenters. The summed E-state index contributed by atoms with van der Waals surface area (Å²) in [6, 6.07) is 9.13. The van der Waals surface area contributed by atoms with Crippen molar-refractivity contribution in [1.29, 1.82) is 0 Å². The quantitative estimate of drug-likeness (QED) is 0.808. The molecule has 0 saturated heterocycles. The highest BCUT2D eigenvalue weighted by molar-refractivity contribution is 6.42. The molecule has 0 aromatic heterocycles. The average molecular weight is 352 g/mol. The molecule has 0 bridgehead atoms. The summed E-state index contributed by atoms with van der Waals surface area (Å²) in [7, 11) is 0. The smallest absolute Gasteiger partial charge is 0.265 e. The van der Waals surface area contributed by atoms with Crippen LogP contribution in [0.25, 0.3) is 0 Å². The number of ether oxygens (including phenoxy) is 1. The zero-order valence-electron chi connectivity index (χ0n) is 13.5. The van der Waals surface area contributed by atoms with Gasteiger partial charge in [0.2, 0.25) is 0 Å². The molecule has 2 rings (SSSR count). The van der Waals surface area contributed by atoms with Crippen molar-refractivity contribution in [3.8, 4) is 5.75 Å². The minimum Gasteiger partial charge on any atom is -0.479 e. The highest BCUT2D eigenvalue weighted by atomic mass is 35.5. The summed E-state index contributed by atoms with van der Waals surface area (Å²) in [4.78, 5) is 12.4. The lowest BCUT2D eigenvalue weighted by molar-refractivity contribution is -0.122. The van der Waals surface area contributed by atoms with E-state index in [1.54, 1.807) is 25.1 Å². The Labute approximate surface area is 146 Å². The third kappa shape index (κ3) is 4.18. The Balaban J connectivity index is 2.13. The van der Waals surface area contributed by atoms with Crippen molar-refractivity contribution in [3.05, 3.63) is 57.1 Å². The summed E-state index contributed by atoms with van der Waals surface area (Å²) in [5.74, 6) is 0.148. The number of hydrogen-bond acceptors (Lipinski definition) is 2. The predicted molar refractivity (Wildman–Crippen MR) is 95.8 cm³/mol. The highest BCUT2D eigenvalue weighted by Crippen LogP contribution is 2.32. The van der Waals surface area contributed by atoms with Gasteiger partial charge in [-0.1, -0.05) is 47.0 Å². The van der Waals surface area contributed by atoms with E-state index in [0.717, 1.165) is 22.4 Å². The molecule has 0 aliphatic heterocycles. The van der Waals surface area contributed by atoms with Crippen LogP contribution in [0.3, 0.4) is 0 Å². The molecule has 1 unspecified atom stereocenters. The van der Waals surface area contributed by atoms with Crippen LogP contribution >= 0.6 is 23.2 Å². The fraction of sp³-hybridized carbons (Fsp3) is 0.278. The molecule has 0 radical (unpaired) electrons. The van der Waals surface area contributed by atoms with Crippen LogP contribution in [-0.2, 0) is 4.79 Å². The highest BCUT2D eigenvalue weighted by Gasteiger charge is 2.18. The molecule has 122 valence electrons. The Morgan fingerprint density at radius 2 is 1.74 bits per heavy atom. The van der Waals surface area contributed by atoms with E-state index in [4.69, 9.17) is 27.9 Å². The van der Waals surface area contributed by atoms with E-state index in [1.165, 1.54) is 0 Å². The fourth-order valence-electron chi connectivity index (χ4n) is 2.42. The lowest BCUT2D eigenvalue weighted by Gasteiger charge is -2.18. The Morgan fingerprint density at radius 1 is 1.13 bits per heavy atom. The van der Waals surface area contributed by atoms with Crippen molar-refractivity contribution in [3.63, 3.8) is 0 Å². The van der Waals surface area contributed by atoms with Gasteiger partial charge in [-0.3, -0.25) is 4.79 Å². The monoisotopic (exact) mass is 351 g/mol. The van der Waals surface area contributed by atoms with E-state index >= 15 is 0 Å². The number of nitrogens with one attached hydrogen (secondary N) is 1. The molecule has 23 heavy (non-hydrogen) atoms. The molecular formula is C18H19Cl2NO2. The van der Waals surface area contributed by atoms with Gasteiger partial charge in [0.1, 0.15) is 10.8 Å². The first kappa shape index (κ1) is 17.6. The van der Waals surface area contributed by atoms with Crippen LogP contribution in [0, 0.1) is 20.8 Å². The Hall–Kier alpha value is -1.71. The first-order valence-electron chi connectivity index (χ1n) is 7.29. The zero-order chi connectivity index (χ0) is 17.1. The summed E-state index contributed by atoms with van der Waals surface area (Å²) in [6.07, 6.45) is -0.703. The van der Waals surface area contributed by atoms with Gasteiger partial charge in [0.05, 0.1) is 5.02 Å². The van der Waals surface area contributed by atoms with Gasteiger partial charge >= 0.3 is 0 Å². The average Bonchev–Trinajstić information content (AvgIpc) is 2.47. The normalized spacial score (nSPS) is 11.9. The van der Waals surface area contributed by atoms with Crippen LogP contribution in [0.1, 0.15) is 23.6 Å². The van der Waals surface area contributed by atoms with Crippen LogP contribution in [0.5, 0.6) is 5.75 Å². The Morgan fingerprint density at radius 3 is 2.35 bits per heavy atom. The number of benzene rings is 2. The second-order valence-electron chi connectivity index (χ2n) is 5.58. The standard InChI is InChI=1S/C18H19Cl2NO2/c1-10-8-11(2)17(12(3)9-10)21-18(22)13(4)23-15-7-5-6-14(19)16(15)20/h5-9,13H,1-4H3,(H,21,22). The number of anilines is 1. The third-order valence-electron chi connectivity index (χ3n) is 3.51. The number of amides is 1.